The van der Waals surface area contributed by atoms with Gasteiger partial charge in [-0.05, 0) is 55.2 Å². The molecule has 1 aliphatic carbocycles. The van der Waals surface area contributed by atoms with Crippen LogP contribution in [0.25, 0.3) is 0 Å². The van der Waals surface area contributed by atoms with Crippen molar-refractivity contribution in [1.29, 1.82) is 0 Å². The predicted octanol–water partition coefficient (Wildman–Crippen LogP) is 5.83. The molecular weight excluding hydrogens is 348 g/mol. The highest BCUT2D eigenvalue weighted by atomic mass is 16.5. The van der Waals surface area contributed by atoms with Gasteiger partial charge in [0.1, 0.15) is 17.3 Å². The van der Waals surface area contributed by atoms with Crippen molar-refractivity contribution in [3.05, 3.63) is 52.0 Å². The van der Waals surface area contributed by atoms with Crippen LogP contribution < -0.4 is 4.74 Å². The maximum absolute atomic E-state index is 12.4. The van der Waals surface area contributed by atoms with Crippen molar-refractivity contribution in [2.45, 2.75) is 72.1 Å². The van der Waals surface area contributed by atoms with Crippen LogP contribution in [0, 0.1) is 18.8 Å². The van der Waals surface area contributed by atoms with Crippen LogP contribution in [0.1, 0.15) is 79.1 Å². The molecule has 2 aliphatic rings. The molecule has 0 bridgehead atoms. The number of ketones is 1. The summed E-state index contributed by atoms with van der Waals surface area (Å²) in [6.45, 7) is 11.8. The third kappa shape index (κ3) is 3.40. The van der Waals surface area contributed by atoms with Crippen molar-refractivity contribution in [3.63, 3.8) is 0 Å². The monoisotopic (exact) mass is 380 g/mol. The van der Waals surface area contributed by atoms with Crippen molar-refractivity contribution in [3.8, 4) is 5.75 Å². The summed E-state index contributed by atoms with van der Waals surface area (Å²) in [5, 5.41) is 0. The van der Waals surface area contributed by atoms with E-state index in [1.165, 1.54) is 11.1 Å². The number of rotatable bonds is 4. The lowest BCUT2D eigenvalue weighted by molar-refractivity contribution is 0.0969. The van der Waals surface area contributed by atoms with E-state index >= 15 is 0 Å². The number of carbonyl (C=O) groups is 1. The zero-order chi connectivity index (χ0) is 20.1. The minimum atomic E-state index is -0.176. The summed E-state index contributed by atoms with van der Waals surface area (Å²) in [6, 6.07) is 6.67. The summed E-state index contributed by atoms with van der Waals surface area (Å²) in [5.74, 6) is 4.38. The second-order valence-electron chi connectivity index (χ2n) is 9.65. The maximum Gasteiger partial charge on any atom is 0.166 e. The Balaban J connectivity index is 1.58. The lowest BCUT2D eigenvalue weighted by Crippen LogP contribution is -2.25. The van der Waals surface area contributed by atoms with Crippen LogP contribution in [0.15, 0.2) is 22.6 Å². The van der Waals surface area contributed by atoms with Gasteiger partial charge in [-0.2, -0.15) is 0 Å². The number of aryl methyl sites for hydroxylation is 1. The molecular formula is C25H32O3. The first-order chi connectivity index (χ1) is 13.3. The Kier molecular flexibility index (Phi) is 4.89. The number of Topliss-reactive ketones (excluding diaryl/α,β-unsaturated/α-hetero) is 1. The number of furan rings is 1. The molecule has 150 valence electrons. The fraction of sp³-hybridized carbons (Fsp3) is 0.560. The third-order valence-electron chi connectivity index (χ3n) is 6.58. The van der Waals surface area contributed by atoms with Gasteiger partial charge in [0.25, 0.3) is 0 Å². The Hall–Kier alpha value is -2.03. The Morgan fingerprint density at radius 2 is 2.00 bits per heavy atom. The minimum absolute atomic E-state index is 0.176. The predicted molar refractivity (Wildman–Crippen MR) is 111 cm³/mol. The summed E-state index contributed by atoms with van der Waals surface area (Å²) in [6.07, 6.45) is 4.38. The van der Waals surface area contributed by atoms with Crippen LogP contribution in [-0.2, 0) is 24.7 Å². The van der Waals surface area contributed by atoms with Gasteiger partial charge in [0.15, 0.2) is 5.78 Å². The molecule has 0 fully saturated rings. The van der Waals surface area contributed by atoms with E-state index in [1.54, 1.807) is 0 Å². The van der Waals surface area contributed by atoms with Crippen molar-refractivity contribution in [2.75, 3.05) is 6.61 Å². The summed E-state index contributed by atoms with van der Waals surface area (Å²) >= 11 is 0. The van der Waals surface area contributed by atoms with E-state index in [0.717, 1.165) is 60.7 Å². The number of hydrogen-bond acceptors (Lipinski definition) is 3. The first-order valence-corrected chi connectivity index (χ1v) is 10.7. The Labute approximate surface area is 168 Å². The average molecular weight is 381 g/mol. The molecule has 0 radical (unpaired) electrons. The highest BCUT2D eigenvalue weighted by Gasteiger charge is 2.34. The van der Waals surface area contributed by atoms with Gasteiger partial charge in [-0.1, -0.05) is 39.8 Å². The number of ether oxygens (including phenoxy) is 1. The molecule has 2 aromatic rings. The average Bonchev–Trinajstić information content (AvgIpc) is 3.00. The van der Waals surface area contributed by atoms with Crippen molar-refractivity contribution in [1.82, 2.24) is 0 Å². The standard InChI is InChI=1S/C25H32O3/c1-15(2)19-12-18-10-9-17(11-22(18)27-14-19)13-25(4,5)24-16(3)23-20(26)7-6-8-21(23)28-24/h9-11,15,19H,6-8,12-14H2,1-5H3. The van der Waals surface area contributed by atoms with E-state index in [0.29, 0.717) is 18.3 Å². The summed E-state index contributed by atoms with van der Waals surface area (Å²) < 4.78 is 12.3. The molecule has 0 spiro atoms. The number of benzene rings is 1. The minimum Gasteiger partial charge on any atom is -0.493 e. The van der Waals surface area contributed by atoms with Gasteiger partial charge in [0.2, 0.25) is 0 Å². The van der Waals surface area contributed by atoms with E-state index in [-0.39, 0.29) is 11.2 Å². The molecule has 1 aliphatic heterocycles. The fourth-order valence-electron chi connectivity index (χ4n) is 4.86. The third-order valence-corrected chi connectivity index (χ3v) is 6.58. The Morgan fingerprint density at radius 1 is 1.21 bits per heavy atom. The zero-order valence-electron chi connectivity index (χ0n) is 17.9. The van der Waals surface area contributed by atoms with E-state index in [2.05, 4.69) is 45.9 Å². The largest absolute Gasteiger partial charge is 0.493 e. The second-order valence-corrected chi connectivity index (χ2v) is 9.65. The van der Waals surface area contributed by atoms with Gasteiger partial charge in [-0.25, -0.2) is 0 Å². The molecule has 0 amide bonds. The van der Waals surface area contributed by atoms with Crippen molar-refractivity contribution < 1.29 is 13.9 Å². The van der Waals surface area contributed by atoms with Gasteiger partial charge in [-0.3, -0.25) is 4.79 Å². The molecule has 1 atom stereocenters. The highest BCUT2D eigenvalue weighted by molar-refractivity contribution is 5.99. The molecule has 4 rings (SSSR count). The summed E-state index contributed by atoms with van der Waals surface area (Å²) in [5.41, 5.74) is 4.29. The quantitative estimate of drug-likeness (QED) is 0.669. The summed E-state index contributed by atoms with van der Waals surface area (Å²) in [7, 11) is 0. The number of fused-ring (bicyclic) bond motifs is 2. The molecule has 1 unspecified atom stereocenters. The maximum atomic E-state index is 12.4. The Morgan fingerprint density at radius 3 is 2.71 bits per heavy atom. The van der Waals surface area contributed by atoms with E-state index in [4.69, 9.17) is 9.15 Å². The van der Waals surface area contributed by atoms with E-state index < -0.39 is 0 Å². The number of hydrogen-bond donors (Lipinski definition) is 0. The fourth-order valence-corrected chi connectivity index (χ4v) is 4.86. The molecule has 2 heterocycles. The van der Waals surface area contributed by atoms with E-state index in [9.17, 15) is 4.79 Å². The van der Waals surface area contributed by atoms with Crippen LogP contribution in [0.5, 0.6) is 5.75 Å². The van der Waals surface area contributed by atoms with Crippen LogP contribution in [0.3, 0.4) is 0 Å². The van der Waals surface area contributed by atoms with Gasteiger partial charge < -0.3 is 9.15 Å². The van der Waals surface area contributed by atoms with Crippen LogP contribution >= 0.6 is 0 Å². The zero-order valence-corrected chi connectivity index (χ0v) is 17.9. The molecule has 0 N–H and O–H groups in total. The normalized spacial score (nSPS) is 19.4. The molecule has 3 nitrogen and oxygen atoms in total. The van der Waals surface area contributed by atoms with Gasteiger partial charge in [-0.15, -0.1) is 0 Å². The van der Waals surface area contributed by atoms with Gasteiger partial charge in [0.05, 0.1) is 12.2 Å². The van der Waals surface area contributed by atoms with E-state index in [1.807, 2.05) is 6.92 Å². The molecule has 1 aromatic heterocycles. The number of carbonyl (C=O) groups excluding carboxylic acids is 1. The molecule has 28 heavy (non-hydrogen) atoms. The molecule has 0 saturated heterocycles. The van der Waals surface area contributed by atoms with Crippen molar-refractivity contribution in [2.24, 2.45) is 11.8 Å². The lowest BCUT2D eigenvalue weighted by Gasteiger charge is -2.29. The second kappa shape index (κ2) is 7.09. The van der Waals surface area contributed by atoms with Crippen LogP contribution in [0.4, 0.5) is 0 Å². The molecule has 3 heteroatoms. The highest BCUT2D eigenvalue weighted by Crippen LogP contribution is 2.39. The van der Waals surface area contributed by atoms with Gasteiger partial charge >= 0.3 is 0 Å². The summed E-state index contributed by atoms with van der Waals surface area (Å²) in [4.78, 5) is 12.4. The topological polar surface area (TPSA) is 39.4 Å². The van der Waals surface area contributed by atoms with Crippen LogP contribution in [0.2, 0.25) is 0 Å². The van der Waals surface area contributed by atoms with Crippen molar-refractivity contribution >= 4 is 5.78 Å². The smallest absolute Gasteiger partial charge is 0.166 e. The van der Waals surface area contributed by atoms with Crippen LogP contribution in [-0.4, -0.2) is 12.4 Å². The first-order valence-electron chi connectivity index (χ1n) is 10.7. The Bertz CT molecular complexity index is 901. The first kappa shape index (κ1) is 19.3. The molecule has 1 aromatic carbocycles. The SMILES string of the molecule is Cc1c(C(C)(C)Cc2ccc3c(c2)OCC(C(C)C)C3)oc2c1C(=O)CCC2. The van der Waals surface area contributed by atoms with Gasteiger partial charge in [0, 0.05) is 23.8 Å². The molecule has 0 saturated carbocycles. The lowest BCUT2D eigenvalue weighted by atomic mass is 9.80.